The van der Waals surface area contributed by atoms with Crippen molar-refractivity contribution in [3.8, 4) is 17.2 Å². The molecule has 1 aromatic carbocycles. The number of para-hydroxylation sites is 1. The number of nitrogens with zero attached hydrogens (tertiary/aromatic N) is 1. The third kappa shape index (κ3) is 4.25. The van der Waals surface area contributed by atoms with Gasteiger partial charge in [0.15, 0.2) is 17.3 Å². The number of nitrogens with one attached hydrogen (secondary N) is 1. The van der Waals surface area contributed by atoms with Crippen molar-refractivity contribution in [2.24, 2.45) is 0 Å². The average molecular weight is 410 g/mol. The van der Waals surface area contributed by atoms with Crippen LogP contribution < -0.4 is 18.9 Å². The first-order chi connectivity index (χ1) is 13.4. The third-order valence-corrected chi connectivity index (χ3v) is 6.66. The highest BCUT2D eigenvalue weighted by atomic mass is 32.2. The number of hydrogen-bond donors (Lipinski definition) is 1. The zero-order valence-corrected chi connectivity index (χ0v) is 17.3. The molecule has 0 amide bonds. The van der Waals surface area contributed by atoms with Crippen molar-refractivity contribution >= 4 is 10.0 Å². The first-order valence-electron chi connectivity index (χ1n) is 9.18. The highest BCUT2D eigenvalue weighted by Crippen LogP contribution is 2.38. The summed E-state index contributed by atoms with van der Waals surface area (Å²) < 4.78 is 49.9. The SMILES string of the molecule is COc1cccc(OC2CCC(NS(=O)(=O)c3c(C)noc3C)CC2)c1OC. The monoisotopic (exact) mass is 410 g/mol. The number of hydrogen-bond acceptors (Lipinski definition) is 7. The lowest BCUT2D eigenvalue weighted by atomic mass is 9.93. The van der Waals surface area contributed by atoms with Gasteiger partial charge in [-0.15, -0.1) is 0 Å². The highest BCUT2D eigenvalue weighted by molar-refractivity contribution is 7.89. The molecule has 1 heterocycles. The number of sulfonamides is 1. The largest absolute Gasteiger partial charge is 0.493 e. The normalized spacial score (nSPS) is 20.0. The lowest BCUT2D eigenvalue weighted by Crippen LogP contribution is -2.40. The molecule has 9 heteroatoms. The van der Waals surface area contributed by atoms with Gasteiger partial charge in [-0.2, -0.15) is 0 Å². The summed E-state index contributed by atoms with van der Waals surface area (Å²) in [5.41, 5.74) is 0.368. The summed E-state index contributed by atoms with van der Waals surface area (Å²) >= 11 is 0. The topological polar surface area (TPSA) is 99.9 Å². The minimum atomic E-state index is -3.66. The van der Waals surface area contributed by atoms with Crippen molar-refractivity contribution in [1.29, 1.82) is 0 Å². The van der Waals surface area contributed by atoms with Gasteiger partial charge in [-0.3, -0.25) is 0 Å². The molecule has 0 saturated heterocycles. The van der Waals surface area contributed by atoms with E-state index >= 15 is 0 Å². The van der Waals surface area contributed by atoms with E-state index < -0.39 is 10.0 Å². The maximum Gasteiger partial charge on any atom is 0.246 e. The molecule has 0 aliphatic heterocycles. The van der Waals surface area contributed by atoms with E-state index in [0.717, 1.165) is 12.8 Å². The van der Waals surface area contributed by atoms with Crippen LogP contribution in [0.1, 0.15) is 37.1 Å². The van der Waals surface area contributed by atoms with Gasteiger partial charge < -0.3 is 18.7 Å². The van der Waals surface area contributed by atoms with Crippen molar-refractivity contribution in [2.75, 3.05) is 14.2 Å². The number of rotatable bonds is 7. The molecule has 1 aliphatic carbocycles. The maximum absolute atomic E-state index is 12.7. The number of benzene rings is 1. The highest BCUT2D eigenvalue weighted by Gasteiger charge is 2.30. The molecule has 28 heavy (non-hydrogen) atoms. The second kappa shape index (κ2) is 8.40. The molecule has 8 nitrogen and oxygen atoms in total. The molecular weight excluding hydrogens is 384 g/mol. The third-order valence-electron chi connectivity index (χ3n) is 4.89. The van der Waals surface area contributed by atoms with Crippen LogP contribution in [0.3, 0.4) is 0 Å². The summed E-state index contributed by atoms with van der Waals surface area (Å²) in [6.07, 6.45) is 2.81. The zero-order chi connectivity index (χ0) is 20.3. The van der Waals surface area contributed by atoms with Gasteiger partial charge in [0.1, 0.15) is 10.6 Å². The van der Waals surface area contributed by atoms with Crippen LogP contribution in [0.2, 0.25) is 0 Å². The van der Waals surface area contributed by atoms with Gasteiger partial charge in [0.25, 0.3) is 0 Å². The second-order valence-corrected chi connectivity index (χ2v) is 8.51. The van der Waals surface area contributed by atoms with E-state index in [-0.39, 0.29) is 17.0 Å². The summed E-state index contributed by atoms with van der Waals surface area (Å²) in [7, 11) is -0.502. The molecule has 0 radical (unpaired) electrons. The van der Waals surface area contributed by atoms with Crippen LogP contribution in [0.5, 0.6) is 17.2 Å². The summed E-state index contributed by atoms with van der Waals surface area (Å²) in [6, 6.07) is 5.35. The molecule has 0 bridgehead atoms. The van der Waals surface area contributed by atoms with Gasteiger partial charge in [-0.1, -0.05) is 11.2 Å². The molecule has 0 unspecified atom stereocenters. The van der Waals surface area contributed by atoms with E-state index in [1.165, 1.54) is 0 Å². The fourth-order valence-electron chi connectivity index (χ4n) is 3.57. The fraction of sp³-hybridized carbons (Fsp3) is 0.526. The fourth-order valence-corrected chi connectivity index (χ4v) is 5.20. The number of aryl methyl sites for hydroxylation is 2. The molecule has 1 aliphatic rings. The average Bonchev–Trinajstić information content (AvgIpc) is 3.02. The molecule has 1 saturated carbocycles. The maximum atomic E-state index is 12.7. The summed E-state index contributed by atoms with van der Waals surface area (Å²) in [6.45, 7) is 3.22. The van der Waals surface area contributed by atoms with Gasteiger partial charge in [-0.25, -0.2) is 13.1 Å². The van der Waals surface area contributed by atoms with Crippen LogP contribution in [-0.4, -0.2) is 39.9 Å². The Morgan fingerprint density at radius 2 is 1.75 bits per heavy atom. The standard InChI is InChI=1S/C19H26N2O6S/c1-12-19(13(2)27-20-12)28(22,23)21-14-8-10-15(11-9-14)26-17-7-5-6-16(24-3)18(17)25-4/h5-7,14-15,21H,8-11H2,1-4H3. The minimum absolute atomic E-state index is 0.0131. The van der Waals surface area contributed by atoms with Crippen LogP contribution in [0.25, 0.3) is 0 Å². The molecular formula is C19H26N2O6S. The molecule has 154 valence electrons. The van der Waals surface area contributed by atoms with E-state index in [2.05, 4.69) is 9.88 Å². The molecule has 3 rings (SSSR count). The molecule has 0 atom stereocenters. The van der Waals surface area contributed by atoms with Crippen LogP contribution in [-0.2, 0) is 10.0 Å². The Hall–Kier alpha value is -2.26. The molecule has 1 aromatic heterocycles. The zero-order valence-electron chi connectivity index (χ0n) is 16.5. The van der Waals surface area contributed by atoms with E-state index in [9.17, 15) is 8.42 Å². The van der Waals surface area contributed by atoms with Crippen LogP contribution in [0, 0.1) is 13.8 Å². The van der Waals surface area contributed by atoms with Gasteiger partial charge in [0, 0.05) is 6.04 Å². The van der Waals surface area contributed by atoms with Crippen LogP contribution in [0.15, 0.2) is 27.6 Å². The van der Waals surface area contributed by atoms with Crippen molar-refractivity contribution in [3.63, 3.8) is 0 Å². The lowest BCUT2D eigenvalue weighted by Gasteiger charge is -2.29. The van der Waals surface area contributed by atoms with Gasteiger partial charge in [0.05, 0.1) is 20.3 Å². The van der Waals surface area contributed by atoms with Gasteiger partial charge in [0.2, 0.25) is 15.8 Å². The van der Waals surface area contributed by atoms with Crippen molar-refractivity contribution in [2.45, 2.75) is 56.6 Å². The quantitative estimate of drug-likeness (QED) is 0.749. The Morgan fingerprint density at radius 3 is 2.32 bits per heavy atom. The van der Waals surface area contributed by atoms with Crippen molar-refractivity contribution < 1.29 is 27.2 Å². The van der Waals surface area contributed by atoms with Crippen molar-refractivity contribution in [1.82, 2.24) is 9.88 Å². The van der Waals surface area contributed by atoms with Gasteiger partial charge >= 0.3 is 0 Å². The van der Waals surface area contributed by atoms with Crippen molar-refractivity contribution in [3.05, 3.63) is 29.7 Å². The van der Waals surface area contributed by atoms with E-state index in [1.54, 1.807) is 28.1 Å². The number of ether oxygens (including phenoxy) is 3. The predicted octanol–water partition coefficient (Wildman–Crippen LogP) is 2.98. The van der Waals surface area contributed by atoms with Crippen LogP contribution >= 0.6 is 0 Å². The van der Waals surface area contributed by atoms with E-state index in [1.807, 2.05) is 18.2 Å². The second-order valence-electron chi connectivity index (χ2n) is 6.86. The summed E-state index contributed by atoms with van der Waals surface area (Å²) in [5, 5.41) is 3.73. The van der Waals surface area contributed by atoms with E-state index in [4.69, 9.17) is 18.7 Å². The molecule has 2 aromatic rings. The summed E-state index contributed by atoms with van der Waals surface area (Å²) in [5.74, 6) is 2.10. The Kier molecular flexibility index (Phi) is 6.14. The molecule has 1 fully saturated rings. The van der Waals surface area contributed by atoms with Gasteiger partial charge in [-0.05, 0) is 51.7 Å². The minimum Gasteiger partial charge on any atom is -0.493 e. The Morgan fingerprint density at radius 1 is 1.07 bits per heavy atom. The summed E-state index contributed by atoms with van der Waals surface area (Å²) in [4.78, 5) is 0.131. The Bertz CT molecular complexity index is 897. The first-order valence-corrected chi connectivity index (χ1v) is 10.7. The van der Waals surface area contributed by atoms with Crippen LogP contribution in [0.4, 0.5) is 0 Å². The smallest absolute Gasteiger partial charge is 0.246 e. The molecule has 1 N–H and O–H groups in total. The predicted molar refractivity (Wildman–Crippen MR) is 103 cm³/mol. The number of aromatic nitrogens is 1. The number of methoxy groups -OCH3 is 2. The first kappa shape index (κ1) is 20.5. The Labute approximate surface area is 165 Å². The van der Waals surface area contributed by atoms with E-state index in [0.29, 0.717) is 41.5 Å². The lowest BCUT2D eigenvalue weighted by molar-refractivity contribution is 0.138. The Balaban J connectivity index is 1.61. The molecule has 0 spiro atoms.